The summed E-state index contributed by atoms with van der Waals surface area (Å²) < 4.78 is 6.53. The van der Waals surface area contributed by atoms with Crippen LogP contribution in [0.1, 0.15) is 11.1 Å². The summed E-state index contributed by atoms with van der Waals surface area (Å²) in [7, 11) is 0. The Morgan fingerprint density at radius 1 is 1.15 bits per heavy atom. The monoisotopic (exact) mass is 473 g/mol. The summed E-state index contributed by atoms with van der Waals surface area (Å²) in [6.07, 6.45) is 1.49. The second-order valence-corrected chi connectivity index (χ2v) is 6.81. The standard InChI is InChI=1S/C19H13Br2N3O2/c20-16-9-14(10-17(21)18(16)26-7-6-22)8-15(11-23)19(25)24-12-13-4-2-1-3-5-13/h1-5,8-10H,7,12H2,(H,24,25)/b15-8-. The summed E-state index contributed by atoms with van der Waals surface area (Å²) in [4.78, 5) is 12.2. The van der Waals surface area contributed by atoms with Crippen molar-refractivity contribution in [3.8, 4) is 17.9 Å². The van der Waals surface area contributed by atoms with Crippen molar-refractivity contribution in [1.82, 2.24) is 5.32 Å². The van der Waals surface area contributed by atoms with Gasteiger partial charge in [-0.15, -0.1) is 0 Å². The van der Waals surface area contributed by atoms with Crippen LogP contribution in [0.15, 0.2) is 57.0 Å². The van der Waals surface area contributed by atoms with Gasteiger partial charge in [0.1, 0.15) is 23.5 Å². The van der Waals surface area contributed by atoms with Gasteiger partial charge in [0.25, 0.3) is 5.91 Å². The summed E-state index contributed by atoms with van der Waals surface area (Å²) >= 11 is 6.72. The SMILES string of the molecule is N#CCOc1c(Br)cc(/C=C(/C#N)C(=O)NCc2ccccc2)cc1Br. The average molecular weight is 475 g/mol. The number of rotatable bonds is 6. The number of nitriles is 2. The molecule has 0 aliphatic rings. The molecular weight excluding hydrogens is 462 g/mol. The van der Waals surface area contributed by atoms with Crippen molar-refractivity contribution < 1.29 is 9.53 Å². The second kappa shape index (κ2) is 9.76. The van der Waals surface area contributed by atoms with E-state index < -0.39 is 5.91 Å². The van der Waals surface area contributed by atoms with Crippen LogP contribution < -0.4 is 10.1 Å². The molecular formula is C19H13Br2N3O2. The van der Waals surface area contributed by atoms with E-state index in [9.17, 15) is 10.1 Å². The van der Waals surface area contributed by atoms with Gasteiger partial charge in [-0.1, -0.05) is 30.3 Å². The molecule has 1 amide bonds. The highest BCUT2D eigenvalue weighted by Crippen LogP contribution is 2.35. The highest BCUT2D eigenvalue weighted by Gasteiger charge is 2.12. The molecule has 7 heteroatoms. The number of nitrogens with one attached hydrogen (secondary N) is 1. The second-order valence-electron chi connectivity index (χ2n) is 5.10. The molecule has 0 fully saturated rings. The number of halogens is 2. The largest absolute Gasteiger partial charge is 0.476 e. The molecule has 0 unspecified atom stereocenters. The van der Waals surface area contributed by atoms with E-state index in [1.165, 1.54) is 6.08 Å². The summed E-state index contributed by atoms with van der Waals surface area (Å²) in [5.74, 6) is 0.0316. The Morgan fingerprint density at radius 3 is 2.38 bits per heavy atom. The molecule has 0 aliphatic carbocycles. The van der Waals surface area contributed by atoms with E-state index in [1.54, 1.807) is 12.1 Å². The number of nitrogens with zero attached hydrogens (tertiary/aromatic N) is 2. The van der Waals surface area contributed by atoms with Crippen LogP contribution in [0.3, 0.4) is 0 Å². The molecule has 0 saturated carbocycles. The van der Waals surface area contributed by atoms with E-state index in [-0.39, 0.29) is 12.2 Å². The van der Waals surface area contributed by atoms with Crippen LogP contribution in [0.4, 0.5) is 0 Å². The zero-order valence-corrected chi connectivity index (χ0v) is 16.7. The smallest absolute Gasteiger partial charge is 0.262 e. The van der Waals surface area contributed by atoms with Crippen LogP contribution in [0.5, 0.6) is 5.75 Å². The summed E-state index contributed by atoms with van der Waals surface area (Å²) in [6, 6.07) is 16.7. The van der Waals surface area contributed by atoms with Gasteiger partial charge in [0.2, 0.25) is 0 Å². The predicted molar refractivity (Wildman–Crippen MR) is 105 cm³/mol. The van der Waals surface area contributed by atoms with Gasteiger partial charge in [-0.25, -0.2) is 0 Å². The van der Waals surface area contributed by atoms with Crippen molar-refractivity contribution in [2.45, 2.75) is 6.54 Å². The third kappa shape index (κ3) is 5.45. The van der Waals surface area contributed by atoms with Gasteiger partial charge in [0.05, 0.1) is 8.95 Å². The normalized spacial score (nSPS) is 10.5. The van der Waals surface area contributed by atoms with Crippen molar-refractivity contribution in [2.75, 3.05) is 6.61 Å². The molecule has 1 N–H and O–H groups in total. The molecule has 0 heterocycles. The Bertz CT molecular complexity index is 890. The average Bonchev–Trinajstić information content (AvgIpc) is 2.64. The van der Waals surface area contributed by atoms with Crippen molar-refractivity contribution >= 4 is 43.8 Å². The van der Waals surface area contributed by atoms with Crippen molar-refractivity contribution in [2.24, 2.45) is 0 Å². The molecule has 0 aromatic heterocycles. The van der Waals surface area contributed by atoms with Crippen LogP contribution in [0, 0.1) is 22.7 Å². The Kier molecular flexibility index (Phi) is 7.40. The van der Waals surface area contributed by atoms with Gasteiger partial charge in [0, 0.05) is 6.54 Å². The van der Waals surface area contributed by atoms with Crippen LogP contribution in [0.25, 0.3) is 6.08 Å². The molecule has 0 radical (unpaired) electrons. The Hall–Kier alpha value is -2.61. The van der Waals surface area contributed by atoms with E-state index >= 15 is 0 Å². The fourth-order valence-electron chi connectivity index (χ4n) is 2.09. The molecule has 0 saturated heterocycles. The van der Waals surface area contributed by atoms with Gasteiger partial charge < -0.3 is 10.1 Å². The Morgan fingerprint density at radius 2 is 1.81 bits per heavy atom. The van der Waals surface area contributed by atoms with E-state index in [0.717, 1.165) is 5.56 Å². The number of hydrogen-bond acceptors (Lipinski definition) is 4. The van der Waals surface area contributed by atoms with Crippen molar-refractivity contribution in [1.29, 1.82) is 10.5 Å². The third-order valence-corrected chi connectivity index (χ3v) is 4.45. The van der Waals surface area contributed by atoms with E-state index in [0.29, 0.717) is 26.8 Å². The molecule has 130 valence electrons. The molecule has 0 bridgehead atoms. The predicted octanol–water partition coefficient (Wildman–Crippen LogP) is 4.34. The van der Waals surface area contributed by atoms with Crippen molar-refractivity contribution in [3.63, 3.8) is 0 Å². The van der Waals surface area contributed by atoms with Gasteiger partial charge in [0.15, 0.2) is 6.61 Å². The van der Waals surface area contributed by atoms with Crippen LogP contribution in [0.2, 0.25) is 0 Å². The van der Waals surface area contributed by atoms with Gasteiger partial charge in [-0.2, -0.15) is 10.5 Å². The fraction of sp³-hybridized carbons (Fsp3) is 0.105. The summed E-state index contributed by atoms with van der Waals surface area (Å²) in [5.41, 5.74) is 1.58. The van der Waals surface area contributed by atoms with Crippen molar-refractivity contribution in [3.05, 3.63) is 68.1 Å². The fourth-order valence-corrected chi connectivity index (χ4v) is 3.54. The van der Waals surface area contributed by atoms with E-state index in [2.05, 4.69) is 37.2 Å². The van der Waals surface area contributed by atoms with Gasteiger partial charge in [-0.05, 0) is 61.2 Å². The minimum atomic E-state index is -0.451. The molecule has 26 heavy (non-hydrogen) atoms. The molecule has 0 spiro atoms. The Labute approximate surface area is 168 Å². The first kappa shape index (κ1) is 19.7. The van der Waals surface area contributed by atoms with Gasteiger partial charge >= 0.3 is 0 Å². The molecule has 2 aromatic carbocycles. The number of carbonyl (C=O) groups is 1. The number of benzene rings is 2. The summed E-state index contributed by atoms with van der Waals surface area (Å²) in [5, 5.41) is 20.6. The number of ether oxygens (including phenoxy) is 1. The van der Waals surface area contributed by atoms with E-state index in [1.807, 2.05) is 42.5 Å². The highest BCUT2D eigenvalue weighted by molar-refractivity contribution is 9.11. The topological polar surface area (TPSA) is 85.9 Å². The first-order valence-electron chi connectivity index (χ1n) is 7.48. The molecule has 2 rings (SSSR count). The lowest BCUT2D eigenvalue weighted by atomic mass is 10.1. The first-order valence-corrected chi connectivity index (χ1v) is 9.06. The quantitative estimate of drug-likeness (QED) is 0.498. The maximum Gasteiger partial charge on any atom is 0.262 e. The van der Waals surface area contributed by atoms with E-state index in [4.69, 9.17) is 10.00 Å². The summed E-state index contributed by atoms with van der Waals surface area (Å²) in [6.45, 7) is 0.255. The lowest BCUT2D eigenvalue weighted by Crippen LogP contribution is -2.23. The number of amides is 1. The number of hydrogen-bond donors (Lipinski definition) is 1. The minimum absolute atomic E-state index is 0.00887. The maximum absolute atomic E-state index is 12.2. The first-order chi connectivity index (χ1) is 12.5. The molecule has 0 aliphatic heterocycles. The Balaban J connectivity index is 2.16. The van der Waals surface area contributed by atoms with Crippen LogP contribution in [-0.2, 0) is 11.3 Å². The maximum atomic E-state index is 12.2. The zero-order valence-electron chi connectivity index (χ0n) is 13.5. The lowest BCUT2D eigenvalue weighted by Gasteiger charge is -2.09. The molecule has 0 atom stereocenters. The van der Waals surface area contributed by atoms with Gasteiger partial charge in [-0.3, -0.25) is 4.79 Å². The third-order valence-electron chi connectivity index (χ3n) is 3.27. The highest BCUT2D eigenvalue weighted by atomic mass is 79.9. The van der Waals surface area contributed by atoms with Crippen LogP contribution in [-0.4, -0.2) is 12.5 Å². The lowest BCUT2D eigenvalue weighted by molar-refractivity contribution is -0.117. The number of carbonyl (C=O) groups excluding carboxylic acids is 1. The zero-order chi connectivity index (χ0) is 18.9. The molecule has 5 nitrogen and oxygen atoms in total. The molecule has 2 aromatic rings. The minimum Gasteiger partial charge on any atom is -0.476 e. The van der Waals surface area contributed by atoms with Crippen LogP contribution >= 0.6 is 31.9 Å².